The van der Waals surface area contributed by atoms with Crippen LogP contribution in [0.2, 0.25) is 0 Å². The van der Waals surface area contributed by atoms with E-state index in [1.54, 1.807) is 0 Å². The van der Waals surface area contributed by atoms with E-state index in [9.17, 15) is 4.79 Å². The Balaban J connectivity index is 2.19. The molecule has 1 atom stereocenters. The molecule has 2 aromatic rings. The van der Waals surface area contributed by atoms with Crippen LogP contribution in [0.5, 0.6) is 0 Å². The average Bonchev–Trinajstić information content (AvgIpc) is 2.80. The number of aromatic nitrogens is 3. The van der Waals surface area contributed by atoms with Crippen LogP contribution in [0.3, 0.4) is 0 Å². The highest BCUT2D eigenvalue weighted by Gasteiger charge is 2.19. The topological polar surface area (TPSA) is 68.0 Å². The molecule has 0 aliphatic rings. The Morgan fingerprint density at radius 2 is 1.88 bits per heavy atom. The van der Waals surface area contributed by atoms with Gasteiger partial charge in [-0.25, -0.2) is 4.79 Å². The normalized spacial score (nSPS) is 12.2. The molecule has 0 aliphatic carbocycles. The summed E-state index contributed by atoms with van der Waals surface area (Å²) in [6, 6.07) is 8.83. The van der Waals surface area contributed by atoms with Gasteiger partial charge in [0.2, 0.25) is 0 Å². The Morgan fingerprint density at radius 3 is 2.44 bits per heavy atom. The number of carboxylic acids is 1. The highest BCUT2D eigenvalue weighted by atomic mass is 16.4. The first kappa shape index (κ1) is 10.4. The Kier molecular flexibility index (Phi) is 2.95. The van der Waals surface area contributed by atoms with Gasteiger partial charge in [-0.1, -0.05) is 30.3 Å². The molecule has 16 heavy (non-hydrogen) atoms. The molecule has 1 heterocycles. The first-order valence-electron chi connectivity index (χ1n) is 4.88. The van der Waals surface area contributed by atoms with Crippen molar-refractivity contribution in [2.24, 2.45) is 0 Å². The van der Waals surface area contributed by atoms with E-state index in [1.807, 2.05) is 30.3 Å². The van der Waals surface area contributed by atoms with Crippen LogP contribution in [0, 0.1) is 0 Å². The molecule has 0 fully saturated rings. The van der Waals surface area contributed by atoms with Crippen molar-refractivity contribution in [3.8, 4) is 0 Å². The number of nitrogens with zero attached hydrogens (tertiary/aromatic N) is 3. The molecule has 0 radical (unpaired) electrons. The fraction of sp³-hybridized carbons (Fsp3) is 0.182. The summed E-state index contributed by atoms with van der Waals surface area (Å²) in [6.07, 6.45) is 3.26. The van der Waals surface area contributed by atoms with Gasteiger partial charge in [0.15, 0.2) is 0 Å². The zero-order chi connectivity index (χ0) is 11.4. The largest absolute Gasteiger partial charge is 0.480 e. The molecule has 1 N–H and O–H groups in total. The lowest BCUT2D eigenvalue weighted by atomic mass is 10.1. The Hall–Kier alpha value is -2.17. The molecule has 2 rings (SSSR count). The quantitative estimate of drug-likeness (QED) is 0.834. The van der Waals surface area contributed by atoms with E-state index in [4.69, 9.17) is 5.11 Å². The van der Waals surface area contributed by atoms with E-state index < -0.39 is 12.0 Å². The molecule has 0 amide bonds. The van der Waals surface area contributed by atoms with Crippen molar-refractivity contribution in [2.45, 2.75) is 12.5 Å². The highest BCUT2D eigenvalue weighted by molar-refractivity contribution is 5.72. The summed E-state index contributed by atoms with van der Waals surface area (Å²) in [5.74, 6) is -0.886. The van der Waals surface area contributed by atoms with Crippen LogP contribution in [0.15, 0.2) is 43.0 Å². The fourth-order valence-corrected chi connectivity index (χ4v) is 1.53. The third kappa shape index (κ3) is 2.25. The number of aliphatic carboxylic acids is 1. The Bertz CT molecular complexity index is 453. The molecule has 5 nitrogen and oxygen atoms in total. The number of carboxylic acid groups (broad SMARTS) is 1. The lowest BCUT2D eigenvalue weighted by Crippen LogP contribution is -2.20. The molecule has 1 unspecified atom stereocenters. The minimum Gasteiger partial charge on any atom is -0.480 e. The van der Waals surface area contributed by atoms with Crippen LogP contribution in [-0.2, 0) is 11.2 Å². The van der Waals surface area contributed by atoms with Crippen molar-refractivity contribution in [1.29, 1.82) is 0 Å². The van der Waals surface area contributed by atoms with Gasteiger partial charge in [0.25, 0.3) is 0 Å². The van der Waals surface area contributed by atoms with E-state index in [-0.39, 0.29) is 0 Å². The summed E-state index contributed by atoms with van der Waals surface area (Å²) in [5.41, 5.74) is 0.976. The number of carbonyl (C=O) groups is 1. The molecule has 0 bridgehead atoms. The predicted octanol–water partition coefficient (Wildman–Crippen LogP) is 1.15. The van der Waals surface area contributed by atoms with E-state index in [0.29, 0.717) is 6.42 Å². The SMILES string of the molecule is O=C(O)C(Cc1ccccc1)n1cnnc1. The Morgan fingerprint density at radius 1 is 1.25 bits per heavy atom. The number of benzene rings is 1. The smallest absolute Gasteiger partial charge is 0.327 e. The van der Waals surface area contributed by atoms with E-state index in [0.717, 1.165) is 5.56 Å². The highest BCUT2D eigenvalue weighted by Crippen LogP contribution is 2.13. The van der Waals surface area contributed by atoms with Crippen LogP contribution < -0.4 is 0 Å². The molecule has 1 aromatic heterocycles. The third-order valence-corrected chi connectivity index (χ3v) is 2.35. The number of hydrogen-bond acceptors (Lipinski definition) is 3. The minimum atomic E-state index is -0.886. The molecule has 5 heteroatoms. The van der Waals surface area contributed by atoms with Crippen molar-refractivity contribution in [2.75, 3.05) is 0 Å². The summed E-state index contributed by atoms with van der Waals surface area (Å²) in [4.78, 5) is 11.1. The maximum absolute atomic E-state index is 11.1. The third-order valence-electron chi connectivity index (χ3n) is 2.35. The first-order chi connectivity index (χ1) is 7.77. The van der Waals surface area contributed by atoms with Gasteiger partial charge in [0, 0.05) is 6.42 Å². The van der Waals surface area contributed by atoms with E-state index in [2.05, 4.69) is 10.2 Å². The van der Waals surface area contributed by atoms with Crippen molar-refractivity contribution in [3.05, 3.63) is 48.5 Å². The van der Waals surface area contributed by atoms with Crippen LogP contribution in [0.4, 0.5) is 0 Å². The molecular weight excluding hydrogens is 206 g/mol. The standard InChI is InChI=1S/C11H11N3O2/c15-11(16)10(14-7-12-13-8-14)6-9-4-2-1-3-5-9/h1-5,7-8,10H,6H2,(H,15,16). The zero-order valence-corrected chi connectivity index (χ0v) is 8.52. The van der Waals surface area contributed by atoms with Gasteiger partial charge in [-0.2, -0.15) is 0 Å². The van der Waals surface area contributed by atoms with Crippen molar-refractivity contribution < 1.29 is 9.90 Å². The van der Waals surface area contributed by atoms with Gasteiger partial charge in [0.05, 0.1) is 0 Å². The number of hydrogen-bond donors (Lipinski definition) is 1. The summed E-state index contributed by atoms with van der Waals surface area (Å²) < 4.78 is 1.50. The molecular formula is C11H11N3O2. The van der Waals surface area contributed by atoms with E-state index in [1.165, 1.54) is 17.2 Å². The van der Waals surface area contributed by atoms with Gasteiger partial charge < -0.3 is 9.67 Å². The van der Waals surface area contributed by atoms with E-state index >= 15 is 0 Å². The van der Waals surface area contributed by atoms with Crippen LogP contribution in [0.1, 0.15) is 11.6 Å². The molecule has 0 spiro atoms. The molecule has 0 aliphatic heterocycles. The maximum atomic E-state index is 11.1. The summed E-state index contributed by atoms with van der Waals surface area (Å²) in [5, 5.41) is 16.4. The second-order valence-corrected chi connectivity index (χ2v) is 3.45. The van der Waals surface area contributed by atoms with Gasteiger partial charge in [0.1, 0.15) is 18.7 Å². The molecule has 0 saturated heterocycles. The first-order valence-corrected chi connectivity index (χ1v) is 4.88. The van der Waals surface area contributed by atoms with Crippen LogP contribution in [0.25, 0.3) is 0 Å². The van der Waals surface area contributed by atoms with Gasteiger partial charge >= 0.3 is 5.97 Å². The predicted molar refractivity (Wildman–Crippen MR) is 56.8 cm³/mol. The minimum absolute atomic E-state index is 0.425. The Labute approximate surface area is 92.4 Å². The van der Waals surface area contributed by atoms with Gasteiger partial charge in [-0.05, 0) is 5.56 Å². The molecule has 0 saturated carbocycles. The van der Waals surface area contributed by atoms with Crippen LogP contribution in [-0.4, -0.2) is 25.8 Å². The zero-order valence-electron chi connectivity index (χ0n) is 8.52. The summed E-state index contributed by atoms with van der Waals surface area (Å²) in [7, 11) is 0. The molecule has 1 aromatic carbocycles. The van der Waals surface area contributed by atoms with Crippen molar-refractivity contribution in [1.82, 2.24) is 14.8 Å². The van der Waals surface area contributed by atoms with Crippen LogP contribution >= 0.6 is 0 Å². The van der Waals surface area contributed by atoms with Crippen molar-refractivity contribution in [3.63, 3.8) is 0 Å². The lowest BCUT2D eigenvalue weighted by Gasteiger charge is -2.12. The maximum Gasteiger partial charge on any atom is 0.327 e. The second kappa shape index (κ2) is 4.57. The van der Waals surface area contributed by atoms with Gasteiger partial charge in [-0.3, -0.25) is 0 Å². The monoisotopic (exact) mass is 217 g/mol. The summed E-state index contributed by atoms with van der Waals surface area (Å²) >= 11 is 0. The molecule has 82 valence electrons. The van der Waals surface area contributed by atoms with Gasteiger partial charge in [-0.15, -0.1) is 10.2 Å². The lowest BCUT2D eigenvalue weighted by molar-refractivity contribution is -0.140. The van der Waals surface area contributed by atoms with Crippen molar-refractivity contribution >= 4 is 5.97 Å². The fourth-order valence-electron chi connectivity index (χ4n) is 1.53. The second-order valence-electron chi connectivity index (χ2n) is 3.45. The average molecular weight is 217 g/mol. The summed E-state index contributed by atoms with van der Waals surface area (Å²) in [6.45, 7) is 0. The number of rotatable bonds is 4.